The van der Waals surface area contributed by atoms with Gasteiger partial charge in [0.05, 0.1) is 23.6 Å². The summed E-state index contributed by atoms with van der Waals surface area (Å²) in [5, 5.41) is 12.8. The molecule has 0 fully saturated rings. The van der Waals surface area contributed by atoms with Gasteiger partial charge in [-0.25, -0.2) is 4.98 Å². The zero-order valence-corrected chi connectivity index (χ0v) is 10.5. The number of anilines is 2. The van der Waals surface area contributed by atoms with Crippen LogP contribution in [0.1, 0.15) is 0 Å². The van der Waals surface area contributed by atoms with E-state index in [-0.39, 0.29) is 18.7 Å². The molecule has 0 radical (unpaired) electrons. The van der Waals surface area contributed by atoms with Gasteiger partial charge in [-0.05, 0) is 18.2 Å². The lowest BCUT2D eigenvalue weighted by Gasteiger charge is -2.11. The van der Waals surface area contributed by atoms with Crippen LogP contribution in [0.3, 0.4) is 0 Å². The van der Waals surface area contributed by atoms with Gasteiger partial charge in [0.2, 0.25) is 5.95 Å². The van der Waals surface area contributed by atoms with Crippen molar-refractivity contribution in [3.8, 4) is 0 Å². The van der Waals surface area contributed by atoms with Gasteiger partial charge in [0, 0.05) is 19.3 Å². The fraction of sp³-hybridized carbons (Fsp3) is 0.333. The Labute approximate surface area is 109 Å². The number of nitrogen functional groups attached to an aromatic ring is 1. The van der Waals surface area contributed by atoms with E-state index in [4.69, 9.17) is 10.5 Å². The smallest absolute Gasteiger partial charge is 0.260 e. The Bertz CT molecular complexity index is 626. The number of hydrogen-bond donors (Lipinski definition) is 4. The molecule has 0 aliphatic carbocycles. The number of nitrogens with one attached hydrogen (secondary N) is 2. The first-order valence-corrected chi connectivity index (χ1v) is 5.80. The number of aromatic nitrogens is 2. The van der Waals surface area contributed by atoms with E-state index in [1.165, 1.54) is 7.11 Å². The van der Waals surface area contributed by atoms with Crippen LogP contribution in [0.25, 0.3) is 10.9 Å². The molecule has 19 heavy (non-hydrogen) atoms. The number of methoxy groups -OCH3 is 1. The van der Waals surface area contributed by atoms with Gasteiger partial charge in [0.25, 0.3) is 5.56 Å². The predicted octanol–water partition coefficient (Wildman–Crippen LogP) is -0.0755. The maximum Gasteiger partial charge on any atom is 0.260 e. The summed E-state index contributed by atoms with van der Waals surface area (Å²) in [5.74, 6) is 0.303. The van der Waals surface area contributed by atoms with Gasteiger partial charge in [-0.15, -0.1) is 0 Å². The first-order valence-electron chi connectivity index (χ1n) is 5.80. The average molecular weight is 264 g/mol. The van der Waals surface area contributed by atoms with Crippen LogP contribution in [0.2, 0.25) is 0 Å². The standard InChI is InChI=1S/C12H16N4O3/c1-19-6-8(17)5-14-12-15-10-3-2-7(13)4-9(10)11(18)16-12/h2-4,8,17H,5-6,13H2,1H3,(H2,14,15,16,18). The highest BCUT2D eigenvalue weighted by molar-refractivity contribution is 5.81. The molecule has 0 amide bonds. The molecular weight excluding hydrogens is 248 g/mol. The van der Waals surface area contributed by atoms with Crippen molar-refractivity contribution in [3.63, 3.8) is 0 Å². The van der Waals surface area contributed by atoms with Gasteiger partial charge in [0.15, 0.2) is 0 Å². The number of aromatic amines is 1. The lowest BCUT2D eigenvalue weighted by molar-refractivity contribution is 0.0726. The summed E-state index contributed by atoms with van der Waals surface area (Å²) < 4.78 is 4.80. The second-order valence-electron chi connectivity index (χ2n) is 4.18. The summed E-state index contributed by atoms with van der Waals surface area (Å²) in [4.78, 5) is 18.7. The molecule has 5 N–H and O–H groups in total. The van der Waals surface area contributed by atoms with Crippen molar-refractivity contribution < 1.29 is 9.84 Å². The molecule has 2 aromatic rings. The quantitative estimate of drug-likeness (QED) is 0.562. The van der Waals surface area contributed by atoms with E-state index in [0.717, 1.165) is 0 Å². The molecule has 0 spiro atoms. The van der Waals surface area contributed by atoms with E-state index in [2.05, 4.69) is 15.3 Å². The number of ether oxygens (including phenoxy) is 1. The van der Waals surface area contributed by atoms with Crippen molar-refractivity contribution >= 4 is 22.5 Å². The highest BCUT2D eigenvalue weighted by Gasteiger charge is 2.06. The molecule has 1 atom stereocenters. The second kappa shape index (κ2) is 5.68. The van der Waals surface area contributed by atoms with Crippen molar-refractivity contribution in [2.75, 3.05) is 31.3 Å². The predicted molar refractivity (Wildman–Crippen MR) is 73.1 cm³/mol. The molecule has 2 rings (SSSR count). The lowest BCUT2D eigenvalue weighted by Crippen LogP contribution is -2.26. The maximum absolute atomic E-state index is 11.8. The molecule has 7 nitrogen and oxygen atoms in total. The molecular formula is C12H16N4O3. The zero-order chi connectivity index (χ0) is 13.8. The van der Waals surface area contributed by atoms with Gasteiger partial charge < -0.3 is 20.9 Å². The first-order chi connectivity index (χ1) is 9.10. The fourth-order valence-electron chi connectivity index (χ4n) is 1.71. The van der Waals surface area contributed by atoms with Crippen LogP contribution >= 0.6 is 0 Å². The number of aliphatic hydroxyl groups is 1. The van der Waals surface area contributed by atoms with E-state index in [0.29, 0.717) is 22.5 Å². The summed E-state index contributed by atoms with van der Waals surface area (Å²) in [6.45, 7) is 0.443. The molecule has 7 heteroatoms. The highest BCUT2D eigenvalue weighted by Crippen LogP contribution is 2.12. The van der Waals surface area contributed by atoms with Gasteiger partial charge in [-0.1, -0.05) is 0 Å². The minimum Gasteiger partial charge on any atom is -0.399 e. The van der Waals surface area contributed by atoms with Crippen LogP contribution in [0.15, 0.2) is 23.0 Å². The number of nitrogens with two attached hydrogens (primary N) is 1. The largest absolute Gasteiger partial charge is 0.399 e. The molecule has 1 aromatic heterocycles. The minimum atomic E-state index is -0.669. The van der Waals surface area contributed by atoms with Crippen LogP contribution in [0, 0.1) is 0 Å². The van der Waals surface area contributed by atoms with E-state index in [1.54, 1.807) is 18.2 Å². The number of benzene rings is 1. The molecule has 1 heterocycles. The Balaban J connectivity index is 2.21. The van der Waals surface area contributed by atoms with Gasteiger partial charge >= 0.3 is 0 Å². The molecule has 0 saturated carbocycles. The van der Waals surface area contributed by atoms with E-state index >= 15 is 0 Å². The van der Waals surface area contributed by atoms with Gasteiger partial charge in [0.1, 0.15) is 0 Å². The number of nitrogens with zero attached hydrogens (tertiary/aromatic N) is 1. The average Bonchev–Trinajstić information content (AvgIpc) is 2.38. The lowest BCUT2D eigenvalue weighted by atomic mass is 10.2. The topological polar surface area (TPSA) is 113 Å². The SMILES string of the molecule is COCC(O)CNc1nc2ccc(N)cc2c(=O)[nH]1. The highest BCUT2D eigenvalue weighted by atomic mass is 16.5. The Morgan fingerprint density at radius 2 is 2.37 bits per heavy atom. The molecule has 0 aliphatic rings. The Kier molecular flexibility index (Phi) is 3.98. The maximum atomic E-state index is 11.8. The van der Waals surface area contributed by atoms with E-state index in [9.17, 15) is 9.90 Å². The van der Waals surface area contributed by atoms with Crippen molar-refractivity contribution in [2.45, 2.75) is 6.10 Å². The number of rotatable bonds is 5. The van der Waals surface area contributed by atoms with Crippen LogP contribution in [0.5, 0.6) is 0 Å². The number of hydrogen-bond acceptors (Lipinski definition) is 6. The van der Waals surface area contributed by atoms with E-state index < -0.39 is 6.10 Å². The van der Waals surface area contributed by atoms with Crippen molar-refractivity contribution in [1.29, 1.82) is 0 Å². The van der Waals surface area contributed by atoms with Crippen LogP contribution in [0.4, 0.5) is 11.6 Å². The second-order valence-corrected chi connectivity index (χ2v) is 4.18. The molecule has 1 unspecified atom stereocenters. The summed E-state index contributed by atoms with van der Waals surface area (Å²) in [5.41, 5.74) is 6.40. The summed E-state index contributed by atoms with van der Waals surface area (Å²) >= 11 is 0. The molecule has 0 aliphatic heterocycles. The van der Waals surface area contributed by atoms with Gasteiger partial charge in [-0.3, -0.25) is 9.78 Å². The van der Waals surface area contributed by atoms with Crippen molar-refractivity contribution in [2.24, 2.45) is 0 Å². The normalized spacial score (nSPS) is 12.5. The number of fused-ring (bicyclic) bond motifs is 1. The fourth-order valence-corrected chi connectivity index (χ4v) is 1.71. The number of aliphatic hydroxyl groups excluding tert-OH is 1. The Morgan fingerprint density at radius 3 is 3.11 bits per heavy atom. The Hall–Kier alpha value is -2.12. The van der Waals surface area contributed by atoms with Crippen LogP contribution < -0.4 is 16.6 Å². The van der Waals surface area contributed by atoms with E-state index in [1.807, 2.05) is 0 Å². The molecule has 102 valence electrons. The van der Waals surface area contributed by atoms with Crippen LogP contribution in [-0.4, -0.2) is 41.4 Å². The third kappa shape index (κ3) is 3.21. The van der Waals surface area contributed by atoms with Crippen molar-refractivity contribution in [1.82, 2.24) is 9.97 Å². The monoisotopic (exact) mass is 264 g/mol. The third-order valence-electron chi connectivity index (χ3n) is 2.59. The summed E-state index contributed by atoms with van der Waals surface area (Å²) in [7, 11) is 1.50. The minimum absolute atomic E-state index is 0.210. The molecule has 0 saturated heterocycles. The summed E-state index contributed by atoms with van der Waals surface area (Å²) in [6.07, 6.45) is -0.669. The molecule has 1 aromatic carbocycles. The first kappa shape index (κ1) is 13.3. The third-order valence-corrected chi connectivity index (χ3v) is 2.59. The Morgan fingerprint density at radius 1 is 1.58 bits per heavy atom. The zero-order valence-electron chi connectivity index (χ0n) is 10.5. The van der Waals surface area contributed by atoms with Crippen molar-refractivity contribution in [3.05, 3.63) is 28.6 Å². The van der Waals surface area contributed by atoms with Gasteiger partial charge in [-0.2, -0.15) is 0 Å². The van der Waals surface area contributed by atoms with Crippen LogP contribution in [-0.2, 0) is 4.74 Å². The summed E-state index contributed by atoms with van der Waals surface area (Å²) in [6, 6.07) is 4.93. The molecule has 0 bridgehead atoms. The number of H-pyrrole nitrogens is 1.